The van der Waals surface area contributed by atoms with E-state index in [9.17, 15) is 9.59 Å². The highest BCUT2D eigenvalue weighted by atomic mass is 16.4. The Morgan fingerprint density at radius 3 is 2.58 bits per heavy atom. The molecule has 1 aromatic heterocycles. The predicted octanol–water partition coefficient (Wildman–Crippen LogP) is 0.658. The first-order valence-corrected chi connectivity index (χ1v) is 6.23. The Kier molecular flexibility index (Phi) is 5.91. The van der Waals surface area contributed by atoms with E-state index in [2.05, 4.69) is 25.9 Å². The number of rotatable bonds is 8. The largest absolute Gasteiger partial charge is 0.481 e. The van der Waals surface area contributed by atoms with Crippen LogP contribution in [-0.4, -0.2) is 37.6 Å². The van der Waals surface area contributed by atoms with Crippen molar-refractivity contribution in [1.29, 1.82) is 0 Å². The molecule has 1 atom stereocenters. The average Bonchev–Trinajstić information content (AvgIpc) is 2.85. The van der Waals surface area contributed by atoms with Gasteiger partial charge in [-0.2, -0.15) is 0 Å². The highest BCUT2D eigenvalue weighted by Gasteiger charge is 2.19. The maximum atomic E-state index is 11.8. The van der Waals surface area contributed by atoms with Crippen molar-refractivity contribution in [2.24, 2.45) is 5.92 Å². The lowest BCUT2D eigenvalue weighted by atomic mass is 10.1. The first kappa shape index (κ1) is 15.1. The van der Waals surface area contributed by atoms with Crippen LogP contribution in [-0.2, 0) is 9.59 Å². The zero-order chi connectivity index (χ0) is 14.3. The van der Waals surface area contributed by atoms with Crippen molar-refractivity contribution < 1.29 is 14.7 Å². The molecule has 1 rings (SSSR count). The minimum Gasteiger partial charge on any atom is -0.481 e. The lowest BCUT2D eigenvalue weighted by molar-refractivity contribution is -0.137. The van der Waals surface area contributed by atoms with Crippen LogP contribution in [0.15, 0.2) is 0 Å². The van der Waals surface area contributed by atoms with Crippen molar-refractivity contribution in [1.82, 2.24) is 25.9 Å². The number of hydrogen-bond donors (Lipinski definition) is 3. The van der Waals surface area contributed by atoms with Crippen molar-refractivity contribution in [3.63, 3.8) is 0 Å². The molecule has 0 aliphatic carbocycles. The Hall–Kier alpha value is -1.99. The Labute approximate surface area is 111 Å². The fourth-order valence-corrected chi connectivity index (χ4v) is 1.55. The van der Waals surface area contributed by atoms with E-state index in [1.807, 2.05) is 13.8 Å². The monoisotopic (exact) mass is 269 g/mol. The molecule has 19 heavy (non-hydrogen) atoms. The number of carboxylic acids is 1. The van der Waals surface area contributed by atoms with E-state index in [0.717, 1.165) is 6.42 Å². The second kappa shape index (κ2) is 7.45. The molecule has 1 unspecified atom stereocenters. The van der Waals surface area contributed by atoms with Gasteiger partial charge in [-0.25, -0.2) is 5.10 Å². The summed E-state index contributed by atoms with van der Waals surface area (Å²) in [7, 11) is 0. The number of amides is 1. The standard InChI is InChI=1S/C11H19N5O3/c1-7(2)3-5-9(17)12-8(4-6-10(18)19)11-13-15-16-14-11/h7-8H,3-6H2,1-2H3,(H,12,17)(H,18,19)(H,13,14,15,16). The quantitative estimate of drug-likeness (QED) is 0.637. The molecular formula is C11H19N5O3. The topological polar surface area (TPSA) is 121 Å². The summed E-state index contributed by atoms with van der Waals surface area (Å²) in [6, 6.07) is -0.495. The van der Waals surface area contributed by atoms with Crippen molar-refractivity contribution in [2.45, 2.75) is 45.6 Å². The Morgan fingerprint density at radius 2 is 2.05 bits per heavy atom. The van der Waals surface area contributed by atoms with Crippen molar-refractivity contribution in [3.05, 3.63) is 5.82 Å². The second-order valence-corrected chi connectivity index (χ2v) is 4.77. The third kappa shape index (κ3) is 5.94. The van der Waals surface area contributed by atoms with E-state index >= 15 is 0 Å². The molecule has 0 fully saturated rings. The number of hydrogen-bond acceptors (Lipinski definition) is 5. The Morgan fingerprint density at radius 1 is 1.32 bits per heavy atom. The second-order valence-electron chi connectivity index (χ2n) is 4.77. The van der Waals surface area contributed by atoms with Gasteiger partial charge < -0.3 is 10.4 Å². The molecule has 0 aliphatic heterocycles. The number of H-pyrrole nitrogens is 1. The van der Waals surface area contributed by atoms with Gasteiger partial charge in [-0.3, -0.25) is 9.59 Å². The molecule has 0 aromatic carbocycles. The van der Waals surface area contributed by atoms with Gasteiger partial charge >= 0.3 is 5.97 Å². The maximum absolute atomic E-state index is 11.8. The number of aromatic amines is 1. The maximum Gasteiger partial charge on any atom is 0.303 e. The predicted molar refractivity (Wildman–Crippen MR) is 66.0 cm³/mol. The lowest BCUT2D eigenvalue weighted by Crippen LogP contribution is -2.30. The van der Waals surface area contributed by atoms with Gasteiger partial charge in [0.1, 0.15) is 0 Å². The molecule has 0 saturated carbocycles. The molecule has 3 N–H and O–H groups in total. The average molecular weight is 269 g/mol. The number of aromatic nitrogens is 4. The minimum absolute atomic E-state index is 0.0597. The van der Waals surface area contributed by atoms with Gasteiger partial charge in [0, 0.05) is 12.8 Å². The van der Waals surface area contributed by atoms with E-state index < -0.39 is 12.0 Å². The number of tetrazole rings is 1. The van der Waals surface area contributed by atoms with E-state index in [0.29, 0.717) is 18.2 Å². The van der Waals surface area contributed by atoms with Crippen LogP contribution in [0.1, 0.15) is 51.4 Å². The molecule has 1 amide bonds. The van der Waals surface area contributed by atoms with Gasteiger partial charge in [0.25, 0.3) is 0 Å². The van der Waals surface area contributed by atoms with Crippen LogP contribution >= 0.6 is 0 Å². The zero-order valence-corrected chi connectivity index (χ0v) is 11.1. The van der Waals surface area contributed by atoms with Gasteiger partial charge in [-0.1, -0.05) is 13.8 Å². The van der Waals surface area contributed by atoms with Crippen molar-refractivity contribution >= 4 is 11.9 Å². The number of carbonyl (C=O) groups is 2. The number of aliphatic carboxylic acids is 1. The summed E-state index contributed by atoms with van der Waals surface area (Å²) in [6.45, 7) is 4.07. The molecule has 1 heterocycles. The van der Waals surface area contributed by atoms with Crippen LogP contribution in [0.25, 0.3) is 0 Å². The van der Waals surface area contributed by atoms with Crippen LogP contribution in [0, 0.1) is 5.92 Å². The fourth-order valence-electron chi connectivity index (χ4n) is 1.55. The number of nitrogens with zero attached hydrogens (tertiary/aromatic N) is 3. The third-order valence-corrected chi connectivity index (χ3v) is 2.62. The van der Waals surface area contributed by atoms with Crippen LogP contribution in [0.3, 0.4) is 0 Å². The molecule has 0 radical (unpaired) electrons. The Balaban J connectivity index is 2.54. The summed E-state index contributed by atoms with van der Waals surface area (Å²) in [5.74, 6) is -0.233. The highest BCUT2D eigenvalue weighted by Crippen LogP contribution is 2.14. The van der Waals surface area contributed by atoms with E-state index in [1.165, 1.54) is 0 Å². The summed E-state index contributed by atoms with van der Waals surface area (Å²) >= 11 is 0. The number of carbonyl (C=O) groups excluding carboxylic acids is 1. The Bertz CT molecular complexity index is 404. The van der Waals surface area contributed by atoms with E-state index in [1.54, 1.807) is 0 Å². The van der Waals surface area contributed by atoms with Gasteiger partial charge in [0.2, 0.25) is 5.91 Å². The molecule has 106 valence electrons. The minimum atomic E-state index is -0.922. The molecule has 0 spiro atoms. The summed E-state index contributed by atoms with van der Waals surface area (Å²) in [5.41, 5.74) is 0. The zero-order valence-electron chi connectivity index (χ0n) is 11.1. The van der Waals surface area contributed by atoms with Crippen LogP contribution in [0.4, 0.5) is 0 Å². The molecular weight excluding hydrogens is 250 g/mol. The molecule has 8 heteroatoms. The van der Waals surface area contributed by atoms with Gasteiger partial charge in [-0.15, -0.1) is 5.10 Å². The molecule has 0 aliphatic rings. The first-order valence-electron chi connectivity index (χ1n) is 6.23. The highest BCUT2D eigenvalue weighted by molar-refractivity contribution is 5.76. The van der Waals surface area contributed by atoms with Crippen molar-refractivity contribution in [3.8, 4) is 0 Å². The van der Waals surface area contributed by atoms with Crippen LogP contribution in [0.2, 0.25) is 0 Å². The summed E-state index contributed by atoms with van der Waals surface area (Å²) in [4.78, 5) is 22.4. The smallest absolute Gasteiger partial charge is 0.303 e. The number of carboxylic acid groups (broad SMARTS) is 1. The van der Waals surface area contributed by atoms with Gasteiger partial charge in [0.15, 0.2) is 5.82 Å². The van der Waals surface area contributed by atoms with E-state index in [-0.39, 0.29) is 18.7 Å². The van der Waals surface area contributed by atoms with Gasteiger partial charge in [-0.05, 0) is 29.2 Å². The first-order chi connectivity index (χ1) is 8.99. The summed E-state index contributed by atoms with van der Waals surface area (Å²) in [6.07, 6.45) is 1.38. The summed E-state index contributed by atoms with van der Waals surface area (Å²) < 4.78 is 0. The lowest BCUT2D eigenvalue weighted by Gasteiger charge is -2.15. The SMILES string of the molecule is CC(C)CCC(=O)NC(CCC(=O)O)c1nnn[nH]1. The van der Waals surface area contributed by atoms with Crippen molar-refractivity contribution in [2.75, 3.05) is 0 Å². The molecule has 1 aromatic rings. The third-order valence-electron chi connectivity index (χ3n) is 2.62. The molecule has 0 saturated heterocycles. The molecule has 0 bridgehead atoms. The van der Waals surface area contributed by atoms with Gasteiger partial charge in [0.05, 0.1) is 6.04 Å². The summed E-state index contributed by atoms with van der Waals surface area (Å²) in [5, 5.41) is 24.6. The number of nitrogens with one attached hydrogen (secondary N) is 2. The normalized spacial score (nSPS) is 12.4. The molecule has 8 nitrogen and oxygen atoms in total. The van der Waals surface area contributed by atoms with E-state index in [4.69, 9.17) is 5.11 Å². The van der Waals surface area contributed by atoms with Crippen LogP contribution in [0.5, 0.6) is 0 Å². The fraction of sp³-hybridized carbons (Fsp3) is 0.727. The van der Waals surface area contributed by atoms with Crippen LogP contribution < -0.4 is 5.32 Å².